The molecule has 0 bridgehead atoms. The first-order valence-electron chi connectivity index (χ1n) is 7.78. The van der Waals surface area contributed by atoms with Gasteiger partial charge < -0.3 is 24.3 Å². The third-order valence-corrected chi connectivity index (χ3v) is 3.99. The summed E-state index contributed by atoms with van der Waals surface area (Å²) in [5.41, 5.74) is 1.02. The molecule has 24 heavy (non-hydrogen) atoms. The Morgan fingerprint density at radius 2 is 2.21 bits per heavy atom. The minimum Gasteiger partial charge on any atom is -0.497 e. The molecular formula is C16H21N5O3. The summed E-state index contributed by atoms with van der Waals surface area (Å²) in [6, 6.07) is 7.50. The molecule has 1 aliphatic rings. The van der Waals surface area contributed by atoms with Crippen LogP contribution in [0.2, 0.25) is 0 Å². The highest BCUT2D eigenvalue weighted by Crippen LogP contribution is 2.19. The van der Waals surface area contributed by atoms with Crippen molar-refractivity contribution >= 4 is 6.03 Å². The molecule has 128 valence electrons. The lowest BCUT2D eigenvalue weighted by atomic mass is 10.2. The van der Waals surface area contributed by atoms with Crippen LogP contribution in [0.1, 0.15) is 17.5 Å². The van der Waals surface area contributed by atoms with Gasteiger partial charge in [-0.25, -0.2) is 4.79 Å². The van der Waals surface area contributed by atoms with Crippen LogP contribution in [-0.2, 0) is 18.3 Å². The molecule has 2 aromatic rings. The first kappa shape index (κ1) is 16.3. The Labute approximate surface area is 140 Å². The molecule has 0 spiro atoms. The van der Waals surface area contributed by atoms with E-state index in [0.717, 1.165) is 17.1 Å². The van der Waals surface area contributed by atoms with Gasteiger partial charge in [0.1, 0.15) is 18.2 Å². The molecule has 1 aromatic heterocycles. The van der Waals surface area contributed by atoms with Crippen LogP contribution >= 0.6 is 0 Å². The number of methoxy groups -OCH3 is 1. The SMILES string of the molecule is COc1ccc(CNC(=O)N2CCO[C@@H](c3nncn3C)C2)cc1. The Kier molecular flexibility index (Phi) is 4.95. The van der Waals surface area contributed by atoms with Crippen molar-refractivity contribution in [1.82, 2.24) is 25.0 Å². The Balaban J connectivity index is 1.55. The van der Waals surface area contributed by atoms with Gasteiger partial charge in [0.2, 0.25) is 0 Å². The van der Waals surface area contributed by atoms with E-state index in [4.69, 9.17) is 9.47 Å². The number of rotatable bonds is 4. The first-order chi connectivity index (χ1) is 11.7. The molecular weight excluding hydrogens is 310 g/mol. The fourth-order valence-corrected chi connectivity index (χ4v) is 2.61. The normalized spacial score (nSPS) is 17.6. The summed E-state index contributed by atoms with van der Waals surface area (Å²) in [4.78, 5) is 14.1. The van der Waals surface area contributed by atoms with Crippen molar-refractivity contribution in [1.29, 1.82) is 0 Å². The summed E-state index contributed by atoms with van der Waals surface area (Å²) in [5, 5.41) is 10.9. The van der Waals surface area contributed by atoms with Crippen molar-refractivity contribution in [3.63, 3.8) is 0 Å². The second-order valence-electron chi connectivity index (χ2n) is 5.61. The van der Waals surface area contributed by atoms with E-state index >= 15 is 0 Å². The minimum absolute atomic E-state index is 0.110. The zero-order valence-corrected chi connectivity index (χ0v) is 13.8. The number of morpholine rings is 1. The Morgan fingerprint density at radius 3 is 2.88 bits per heavy atom. The van der Waals surface area contributed by atoms with Gasteiger partial charge in [0.15, 0.2) is 5.82 Å². The van der Waals surface area contributed by atoms with E-state index in [1.165, 1.54) is 0 Å². The standard InChI is InChI=1S/C16H21N5O3/c1-20-11-18-19-15(20)14-10-21(7-8-24-14)16(22)17-9-12-3-5-13(23-2)6-4-12/h3-6,11,14H,7-10H2,1-2H3,(H,17,22)/t14-/m1/s1. The maximum Gasteiger partial charge on any atom is 0.317 e. The second-order valence-corrected chi connectivity index (χ2v) is 5.61. The van der Waals surface area contributed by atoms with Gasteiger partial charge in [-0.2, -0.15) is 0 Å². The predicted octanol–water partition coefficient (Wildman–Crippen LogP) is 1.11. The minimum atomic E-state index is -0.252. The van der Waals surface area contributed by atoms with Crippen molar-refractivity contribution in [2.75, 3.05) is 26.8 Å². The highest BCUT2D eigenvalue weighted by Gasteiger charge is 2.28. The van der Waals surface area contributed by atoms with Crippen molar-refractivity contribution < 1.29 is 14.3 Å². The molecule has 2 heterocycles. The zero-order chi connectivity index (χ0) is 16.9. The van der Waals surface area contributed by atoms with Crippen LogP contribution in [0.5, 0.6) is 5.75 Å². The molecule has 1 fully saturated rings. The van der Waals surface area contributed by atoms with Crippen LogP contribution in [0.3, 0.4) is 0 Å². The third-order valence-electron chi connectivity index (χ3n) is 3.99. The number of urea groups is 1. The fraction of sp³-hybridized carbons (Fsp3) is 0.438. The number of nitrogens with one attached hydrogen (secondary N) is 1. The van der Waals surface area contributed by atoms with Crippen molar-refractivity contribution in [3.05, 3.63) is 42.0 Å². The average Bonchev–Trinajstić information content (AvgIpc) is 3.06. The van der Waals surface area contributed by atoms with Crippen LogP contribution < -0.4 is 10.1 Å². The summed E-state index contributed by atoms with van der Waals surface area (Å²) >= 11 is 0. The molecule has 1 atom stereocenters. The van der Waals surface area contributed by atoms with Gasteiger partial charge >= 0.3 is 6.03 Å². The molecule has 2 amide bonds. The van der Waals surface area contributed by atoms with E-state index in [1.54, 1.807) is 18.3 Å². The molecule has 0 saturated carbocycles. The highest BCUT2D eigenvalue weighted by molar-refractivity contribution is 5.74. The van der Waals surface area contributed by atoms with Gasteiger partial charge in [-0.05, 0) is 17.7 Å². The van der Waals surface area contributed by atoms with E-state index in [2.05, 4.69) is 15.5 Å². The zero-order valence-electron chi connectivity index (χ0n) is 13.8. The Hall–Kier alpha value is -2.61. The molecule has 1 aliphatic heterocycles. The number of aryl methyl sites for hydroxylation is 1. The topological polar surface area (TPSA) is 81.5 Å². The van der Waals surface area contributed by atoms with E-state index in [-0.39, 0.29) is 12.1 Å². The molecule has 1 saturated heterocycles. The number of hydrogen-bond acceptors (Lipinski definition) is 5. The Bertz CT molecular complexity index is 685. The van der Waals surface area contributed by atoms with Crippen molar-refractivity contribution in [2.45, 2.75) is 12.6 Å². The number of nitrogens with zero attached hydrogens (tertiary/aromatic N) is 4. The van der Waals surface area contributed by atoms with Gasteiger partial charge in [0, 0.05) is 20.1 Å². The van der Waals surface area contributed by atoms with Crippen LogP contribution in [0.15, 0.2) is 30.6 Å². The predicted molar refractivity (Wildman–Crippen MR) is 86.5 cm³/mol. The van der Waals surface area contributed by atoms with Crippen LogP contribution in [0, 0.1) is 0 Å². The monoisotopic (exact) mass is 331 g/mol. The number of aromatic nitrogens is 3. The molecule has 0 radical (unpaired) electrons. The van der Waals surface area contributed by atoms with Crippen LogP contribution in [0.25, 0.3) is 0 Å². The molecule has 8 nitrogen and oxygen atoms in total. The molecule has 1 N–H and O–H groups in total. The molecule has 0 unspecified atom stereocenters. The second kappa shape index (κ2) is 7.31. The van der Waals surface area contributed by atoms with Crippen LogP contribution in [0.4, 0.5) is 4.79 Å². The van der Waals surface area contributed by atoms with Gasteiger partial charge in [-0.15, -0.1) is 10.2 Å². The maximum absolute atomic E-state index is 12.4. The van der Waals surface area contributed by atoms with Gasteiger partial charge in [0.25, 0.3) is 0 Å². The number of benzene rings is 1. The number of amides is 2. The van der Waals surface area contributed by atoms with Crippen LogP contribution in [-0.4, -0.2) is 52.5 Å². The Morgan fingerprint density at radius 1 is 1.42 bits per heavy atom. The highest BCUT2D eigenvalue weighted by atomic mass is 16.5. The first-order valence-corrected chi connectivity index (χ1v) is 7.78. The lowest BCUT2D eigenvalue weighted by molar-refractivity contribution is -0.0214. The smallest absolute Gasteiger partial charge is 0.317 e. The summed E-state index contributed by atoms with van der Waals surface area (Å²) in [7, 11) is 3.49. The van der Waals surface area contributed by atoms with Gasteiger partial charge in [0.05, 0.1) is 20.3 Å². The number of ether oxygens (including phenoxy) is 2. The summed E-state index contributed by atoms with van der Waals surface area (Å²) in [6.45, 7) is 1.96. The largest absolute Gasteiger partial charge is 0.497 e. The molecule has 3 rings (SSSR count). The molecule has 1 aromatic carbocycles. The van der Waals surface area contributed by atoms with E-state index < -0.39 is 0 Å². The number of carbonyl (C=O) groups excluding carboxylic acids is 1. The maximum atomic E-state index is 12.4. The van der Waals surface area contributed by atoms with Gasteiger partial charge in [-0.1, -0.05) is 12.1 Å². The number of carbonyl (C=O) groups is 1. The lowest BCUT2D eigenvalue weighted by Crippen LogP contribution is -2.47. The third kappa shape index (κ3) is 3.65. The quantitative estimate of drug-likeness (QED) is 0.907. The van der Waals surface area contributed by atoms with Crippen molar-refractivity contribution in [2.24, 2.45) is 7.05 Å². The summed E-state index contributed by atoms with van der Waals surface area (Å²) < 4.78 is 12.6. The van der Waals surface area contributed by atoms with E-state index in [0.29, 0.717) is 26.2 Å². The fourth-order valence-electron chi connectivity index (χ4n) is 2.61. The average molecular weight is 331 g/mol. The van der Waals surface area contributed by atoms with E-state index in [1.807, 2.05) is 35.9 Å². The lowest BCUT2D eigenvalue weighted by Gasteiger charge is -2.32. The van der Waals surface area contributed by atoms with E-state index in [9.17, 15) is 4.79 Å². The number of hydrogen-bond donors (Lipinski definition) is 1. The summed E-state index contributed by atoms with van der Waals surface area (Å²) in [6.07, 6.45) is 1.37. The molecule has 0 aliphatic carbocycles. The van der Waals surface area contributed by atoms with Gasteiger partial charge in [-0.3, -0.25) is 0 Å². The molecule has 8 heteroatoms. The summed E-state index contributed by atoms with van der Waals surface area (Å²) in [5.74, 6) is 1.52. The van der Waals surface area contributed by atoms with Crippen molar-refractivity contribution in [3.8, 4) is 5.75 Å².